The van der Waals surface area contributed by atoms with Crippen molar-refractivity contribution in [3.63, 3.8) is 0 Å². The summed E-state index contributed by atoms with van der Waals surface area (Å²) < 4.78 is 0. The van der Waals surface area contributed by atoms with Crippen molar-refractivity contribution < 1.29 is 14.6 Å². The second kappa shape index (κ2) is 9.42. The van der Waals surface area contributed by atoms with Gasteiger partial charge in [-0.3, -0.25) is 4.79 Å². The lowest BCUT2D eigenvalue weighted by Crippen LogP contribution is -3.28. The zero-order valence-corrected chi connectivity index (χ0v) is 16.6. The van der Waals surface area contributed by atoms with Gasteiger partial charge in [0.25, 0.3) is 5.91 Å². The third-order valence-electron chi connectivity index (χ3n) is 4.84. The van der Waals surface area contributed by atoms with Crippen molar-refractivity contribution in [2.75, 3.05) is 44.3 Å². The molecule has 0 radical (unpaired) electrons. The molecule has 0 unspecified atom stereocenters. The second-order valence-corrected chi connectivity index (χ2v) is 8.02. The molecule has 2 aromatic rings. The van der Waals surface area contributed by atoms with Gasteiger partial charge < -0.3 is 15.1 Å². The van der Waals surface area contributed by atoms with E-state index in [-0.39, 0.29) is 5.91 Å². The summed E-state index contributed by atoms with van der Waals surface area (Å²) in [6.07, 6.45) is 2.10. The fourth-order valence-electron chi connectivity index (χ4n) is 3.33. The first-order chi connectivity index (χ1) is 12.6. The van der Waals surface area contributed by atoms with Gasteiger partial charge in [-0.15, -0.1) is 11.8 Å². The molecule has 0 atom stereocenters. The average Bonchev–Trinajstić information content (AvgIpc) is 2.66. The zero-order chi connectivity index (χ0) is 18.4. The summed E-state index contributed by atoms with van der Waals surface area (Å²) in [7, 11) is 0. The number of benzene rings is 2. The van der Waals surface area contributed by atoms with E-state index in [0.29, 0.717) is 17.3 Å². The molecule has 0 bridgehead atoms. The molecule has 1 saturated heterocycles. The van der Waals surface area contributed by atoms with Crippen LogP contribution in [0.5, 0.6) is 0 Å². The highest BCUT2D eigenvalue weighted by molar-refractivity contribution is 7.98. The maximum Gasteiger partial charge on any atom is 0.279 e. The van der Waals surface area contributed by atoms with Crippen molar-refractivity contribution in [3.8, 4) is 0 Å². The van der Waals surface area contributed by atoms with E-state index in [1.807, 2.05) is 18.2 Å². The van der Waals surface area contributed by atoms with Gasteiger partial charge in [-0.05, 0) is 30.5 Å². The van der Waals surface area contributed by atoms with E-state index >= 15 is 0 Å². The second-order valence-electron chi connectivity index (χ2n) is 6.73. The molecule has 1 heterocycles. The Balaban J connectivity index is 1.43. The smallest absolute Gasteiger partial charge is 0.279 e. The lowest BCUT2D eigenvalue weighted by atomic mass is 10.2. The Morgan fingerprint density at radius 2 is 1.69 bits per heavy atom. The summed E-state index contributed by atoms with van der Waals surface area (Å²) in [4.78, 5) is 16.5. The predicted octanol–water partition coefficient (Wildman–Crippen LogP) is 0.984. The molecule has 4 nitrogen and oxygen atoms in total. The van der Waals surface area contributed by atoms with Crippen LogP contribution in [0.25, 0.3) is 0 Å². The number of carbonyl (C=O) groups excluding carboxylic acids is 1. The topological polar surface area (TPSA) is 38.0 Å². The maximum absolute atomic E-state index is 12.3. The Bertz CT molecular complexity index is 730. The lowest BCUT2D eigenvalue weighted by molar-refractivity contribution is -1.02. The Hall–Kier alpha value is -1.53. The fourth-order valence-corrected chi connectivity index (χ4v) is 3.92. The average molecular weight is 392 g/mol. The molecule has 1 fully saturated rings. The van der Waals surface area contributed by atoms with Crippen LogP contribution in [-0.2, 0) is 11.3 Å². The van der Waals surface area contributed by atoms with Crippen molar-refractivity contribution in [1.29, 1.82) is 0 Å². The third-order valence-corrected chi connectivity index (χ3v) is 5.91. The van der Waals surface area contributed by atoms with Gasteiger partial charge in [0.1, 0.15) is 32.7 Å². The quantitative estimate of drug-likeness (QED) is 0.642. The van der Waals surface area contributed by atoms with Crippen LogP contribution in [0.2, 0.25) is 5.02 Å². The fraction of sp³-hybridized carbons (Fsp3) is 0.350. The minimum Gasteiger partial charge on any atom is -0.322 e. The maximum atomic E-state index is 12.3. The molecular weight excluding hydrogens is 366 g/mol. The number of hydrogen-bond donors (Lipinski definition) is 3. The molecule has 0 spiro atoms. The molecule has 3 rings (SSSR count). The van der Waals surface area contributed by atoms with Gasteiger partial charge >= 0.3 is 0 Å². The van der Waals surface area contributed by atoms with Gasteiger partial charge in [0, 0.05) is 10.5 Å². The first kappa shape index (κ1) is 19.2. The number of nitrogens with one attached hydrogen (secondary N) is 3. The van der Waals surface area contributed by atoms with E-state index in [2.05, 4.69) is 35.8 Å². The van der Waals surface area contributed by atoms with E-state index < -0.39 is 0 Å². The van der Waals surface area contributed by atoms with Crippen molar-refractivity contribution >= 4 is 35.0 Å². The van der Waals surface area contributed by atoms with Crippen LogP contribution in [-0.4, -0.2) is 44.9 Å². The van der Waals surface area contributed by atoms with Crippen molar-refractivity contribution in [2.45, 2.75) is 11.4 Å². The van der Waals surface area contributed by atoms with Crippen LogP contribution >= 0.6 is 23.4 Å². The largest absolute Gasteiger partial charge is 0.322 e. The minimum atomic E-state index is 0.0317. The van der Waals surface area contributed by atoms with Gasteiger partial charge in [0.2, 0.25) is 0 Å². The zero-order valence-electron chi connectivity index (χ0n) is 15.1. The van der Waals surface area contributed by atoms with Gasteiger partial charge in [-0.2, -0.15) is 0 Å². The molecule has 1 amide bonds. The van der Waals surface area contributed by atoms with E-state index in [9.17, 15) is 4.79 Å². The number of hydrogen-bond acceptors (Lipinski definition) is 2. The third kappa shape index (κ3) is 5.48. The highest BCUT2D eigenvalue weighted by Crippen LogP contribution is 2.19. The number of rotatable bonds is 6. The van der Waals surface area contributed by atoms with Crippen LogP contribution in [0.1, 0.15) is 5.56 Å². The molecule has 26 heavy (non-hydrogen) atoms. The van der Waals surface area contributed by atoms with Gasteiger partial charge in [-0.25, -0.2) is 0 Å². The number of thioether (sulfide) groups is 1. The van der Waals surface area contributed by atoms with Gasteiger partial charge in [0.05, 0.1) is 10.7 Å². The molecule has 0 aromatic heterocycles. The van der Waals surface area contributed by atoms with E-state index in [4.69, 9.17) is 11.6 Å². The molecule has 2 aromatic carbocycles. The molecule has 138 valence electrons. The van der Waals surface area contributed by atoms with Crippen LogP contribution in [0.4, 0.5) is 5.69 Å². The van der Waals surface area contributed by atoms with Crippen LogP contribution in [0.3, 0.4) is 0 Å². The molecule has 0 aliphatic carbocycles. The summed E-state index contributed by atoms with van der Waals surface area (Å²) >= 11 is 7.87. The predicted molar refractivity (Wildman–Crippen MR) is 108 cm³/mol. The molecule has 6 heteroatoms. The Morgan fingerprint density at radius 1 is 1.04 bits per heavy atom. The Labute approximate surface area is 164 Å². The number of para-hydroxylation sites is 1. The number of quaternary nitrogens is 2. The number of carbonyl (C=O) groups is 1. The number of halogens is 1. The first-order valence-electron chi connectivity index (χ1n) is 8.98. The normalized spacial score (nSPS) is 19.9. The lowest BCUT2D eigenvalue weighted by Gasteiger charge is -2.29. The SMILES string of the molecule is CSc1ccc(C[NH+]2CC[NH+](CC(=O)Nc3ccccc3Cl)CC2)cc1. The van der Waals surface area contributed by atoms with Crippen LogP contribution in [0, 0.1) is 0 Å². The van der Waals surface area contributed by atoms with Gasteiger partial charge in [-0.1, -0.05) is 35.9 Å². The summed E-state index contributed by atoms with van der Waals surface area (Å²) in [5, 5.41) is 3.50. The van der Waals surface area contributed by atoms with E-state index in [1.165, 1.54) is 15.4 Å². The van der Waals surface area contributed by atoms with E-state index in [0.717, 1.165) is 32.7 Å². The van der Waals surface area contributed by atoms with Crippen LogP contribution < -0.4 is 15.1 Å². The number of anilines is 1. The van der Waals surface area contributed by atoms with Crippen molar-refractivity contribution in [1.82, 2.24) is 0 Å². The van der Waals surface area contributed by atoms with Crippen LogP contribution in [0.15, 0.2) is 53.4 Å². The van der Waals surface area contributed by atoms with E-state index in [1.54, 1.807) is 22.7 Å². The standard InChI is InChI=1S/C20H24ClN3OS/c1-26-17-8-6-16(7-9-17)14-23-10-12-24(13-11-23)15-20(25)22-19-5-3-2-4-18(19)21/h2-9H,10-15H2,1H3,(H,22,25)/p+2. The molecule has 3 N–H and O–H groups in total. The van der Waals surface area contributed by atoms with Crippen molar-refractivity contribution in [3.05, 3.63) is 59.1 Å². The summed E-state index contributed by atoms with van der Waals surface area (Å²) in [5.74, 6) is 0.0317. The molecule has 0 saturated carbocycles. The number of piperazine rings is 1. The highest BCUT2D eigenvalue weighted by Gasteiger charge is 2.25. The first-order valence-corrected chi connectivity index (χ1v) is 10.6. The molecular formula is C20H26ClN3OS+2. The van der Waals surface area contributed by atoms with Crippen molar-refractivity contribution in [2.24, 2.45) is 0 Å². The summed E-state index contributed by atoms with van der Waals surface area (Å²) in [6.45, 7) is 5.80. The molecule has 1 aliphatic heterocycles. The Kier molecular flexibility index (Phi) is 6.97. The minimum absolute atomic E-state index is 0.0317. The Morgan fingerprint density at radius 3 is 2.35 bits per heavy atom. The summed E-state index contributed by atoms with van der Waals surface area (Å²) in [6, 6.07) is 16.2. The molecule has 1 aliphatic rings. The van der Waals surface area contributed by atoms with Gasteiger partial charge in [0.15, 0.2) is 6.54 Å². The highest BCUT2D eigenvalue weighted by atomic mass is 35.5. The number of amides is 1. The summed E-state index contributed by atoms with van der Waals surface area (Å²) in [5.41, 5.74) is 2.08. The monoisotopic (exact) mass is 391 g/mol.